The first-order chi connectivity index (χ1) is 9.21. The Hall–Kier alpha value is -1.95. The number of aliphatic hydroxyl groups excluding tert-OH is 1. The monoisotopic (exact) mass is 267 g/mol. The zero-order valence-electron chi connectivity index (χ0n) is 11.0. The van der Waals surface area contributed by atoms with Gasteiger partial charge < -0.3 is 19.3 Å². The van der Waals surface area contributed by atoms with Crippen LogP contribution in [-0.2, 0) is 4.74 Å². The standard InChI is InChI=1S/C13H17NO5/c1-17-11-4-3-9(7-12(11)18-2)14-10(8-15)5-6-19-13(14)16/h3-4,7,10,15H,5-6,8H2,1-2H3. The summed E-state index contributed by atoms with van der Waals surface area (Å²) in [5, 5.41) is 9.36. The lowest BCUT2D eigenvalue weighted by Crippen LogP contribution is -2.47. The predicted octanol–water partition coefficient (Wildman–Crippen LogP) is 1.41. The van der Waals surface area contributed by atoms with Gasteiger partial charge in [-0.3, -0.25) is 4.90 Å². The number of carbonyl (C=O) groups is 1. The molecule has 0 saturated carbocycles. The van der Waals surface area contributed by atoms with Crippen molar-refractivity contribution in [2.24, 2.45) is 0 Å². The Morgan fingerprint density at radius 3 is 2.74 bits per heavy atom. The molecule has 6 nitrogen and oxygen atoms in total. The molecule has 19 heavy (non-hydrogen) atoms. The highest BCUT2D eigenvalue weighted by molar-refractivity contribution is 5.89. The fraction of sp³-hybridized carbons (Fsp3) is 0.462. The van der Waals surface area contributed by atoms with Crippen molar-refractivity contribution in [3.05, 3.63) is 18.2 Å². The van der Waals surface area contributed by atoms with Gasteiger partial charge in [-0.2, -0.15) is 0 Å². The molecule has 0 aromatic heterocycles. The van der Waals surface area contributed by atoms with E-state index in [2.05, 4.69) is 0 Å². The average molecular weight is 267 g/mol. The topological polar surface area (TPSA) is 68.2 Å². The van der Waals surface area contributed by atoms with Crippen molar-refractivity contribution in [2.75, 3.05) is 32.3 Å². The van der Waals surface area contributed by atoms with E-state index in [0.29, 0.717) is 30.2 Å². The third-order valence-electron chi connectivity index (χ3n) is 3.09. The lowest BCUT2D eigenvalue weighted by molar-refractivity contribution is 0.116. The molecular weight excluding hydrogens is 250 g/mol. The molecule has 1 aromatic rings. The maximum Gasteiger partial charge on any atom is 0.414 e. The second-order valence-corrected chi connectivity index (χ2v) is 4.15. The molecule has 6 heteroatoms. The van der Waals surface area contributed by atoms with Crippen molar-refractivity contribution in [3.63, 3.8) is 0 Å². The second kappa shape index (κ2) is 5.79. The Bertz CT molecular complexity index is 462. The Labute approximate surface area is 111 Å². The summed E-state index contributed by atoms with van der Waals surface area (Å²) in [6.45, 7) is 0.220. The largest absolute Gasteiger partial charge is 0.493 e. The third kappa shape index (κ3) is 2.58. The van der Waals surface area contributed by atoms with Gasteiger partial charge in [-0.25, -0.2) is 4.79 Å². The van der Waals surface area contributed by atoms with Crippen LogP contribution in [0.4, 0.5) is 10.5 Å². The number of carbonyl (C=O) groups excluding carboxylic acids is 1. The summed E-state index contributed by atoms with van der Waals surface area (Å²) in [5.41, 5.74) is 0.612. The summed E-state index contributed by atoms with van der Waals surface area (Å²) in [7, 11) is 3.07. The maximum absolute atomic E-state index is 11.8. The second-order valence-electron chi connectivity index (χ2n) is 4.15. The van der Waals surface area contributed by atoms with Crippen LogP contribution in [0.15, 0.2) is 18.2 Å². The molecule has 0 bridgehead atoms. The molecule has 0 aliphatic carbocycles. The number of nitrogens with zero attached hydrogens (tertiary/aromatic N) is 1. The molecule has 1 aliphatic heterocycles. The molecule has 1 heterocycles. The van der Waals surface area contributed by atoms with Crippen LogP contribution >= 0.6 is 0 Å². The predicted molar refractivity (Wildman–Crippen MR) is 68.9 cm³/mol. The van der Waals surface area contributed by atoms with E-state index in [-0.39, 0.29) is 12.6 Å². The molecule has 104 valence electrons. The number of hydrogen-bond acceptors (Lipinski definition) is 5. The molecule has 1 aromatic carbocycles. The Kier molecular flexibility index (Phi) is 4.11. The van der Waals surface area contributed by atoms with Crippen LogP contribution in [0.3, 0.4) is 0 Å². The molecule has 0 radical (unpaired) electrons. The molecule has 0 spiro atoms. The molecular formula is C13H17NO5. The van der Waals surface area contributed by atoms with Gasteiger partial charge in [-0.05, 0) is 12.1 Å². The van der Waals surface area contributed by atoms with Crippen LogP contribution in [0.5, 0.6) is 11.5 Å². The number of anilines is 1. The van der Waals surface area contributed by atoms with Crippen molar-refractivity contribution in [1.82, 2.24) is 0 Å². The summed E-state index contributed by atoms with van der Waals surface area (Å²) >= 11 is 0. The van der Waals surface area contributed by atoms with Crippen molar-refractivity contribution >= 4 is 11.8 Å². The quantitative estimate of drug-likeness (QED) is 0.893. The van der Waals surface area contributed by atoms with Gasteiger partial charge in [0.05, 0.1) is 39.2 Å². The van der Waals surface area contributed by atoms with Gasteiger partial charge >= 0.3 is 6.09 Å². The van der Waals surface area contributed by atoms with Crippen LogP contribution in [0.25, 0.3) is 0 Å². The molecule has 1 fully saturated rings. The third-order valence-corrected chi connectivity index (χ3v) is 3.09. The van der Waals surface area contributed by atoms with E-state index in [9.17, 15) is 9.90 Å². The van der Waals surface area contributed by atoms with Crippen LogP contribution in [0.2, 0.25) is 0 Å². The summed E-state index contributed by atoms with van der Waals surface area (Å²) in [6, 6.07) is 4.86. The van der Waals surface area contributed by atoms with Crippen LogP contribution in [-0.4, -0.2) is 44.7 Å². The van der Waals surface area contributed by atoms with Gasteiger partial charge in [0.15, 0.2) is 11.5 Å². The fourth-order valence-electron chi connectivity index (χ4n) is 2.09. The van der Waals surface area contributed by atoms with Crippen LogP contribution < -0.4 is 14.4 Å². The van der Waals surface area contributed by atoms with Crippen molar-refractivity contribution in [2.45, 2.75) is 12.5 Å². The Morgan fingerprint density at radius 1 is 1.37 bits per heavy atom. The minimum atomic E-state index is -0.461. The van der Waals surface area contributed by atoms with Gasteiger partial charge in [0.25, 0.3) is 0 Å². The first kappa shape index (κ1) is 13.5. The number of benzene rings is 1. The summed E-state index contributed by atoms with van der Waals surface area (Å²) < 4.78 is 15.4. The number of amides is 1. The molecule has 1 N–H and O–H groups in total. The number of ether oxygens (including phenoxy) is 3. The minimum absolute atomic E-state index is 0.108. The number of aliphatic hydroxyl groups is 1. The average Bonchev–Trinajstić information content (AvgIpc) is 2.46. The van der Waals surface area contributed by atoms with Crippen LogP contribution in [0, 0.1) is 0 Å². The molecule has 1 atom stereocenters. The maximum atomic E-state index is 11.8. The van der Waals surface area contributed by atoms with E-state index >= 15 is 0 Å². The van der Waals surface area contributed by atoms with Gasteiger partial charge in [0.1, 0.15) is 0 Å². The number of hydrogen-bond donors (Lipinski definition) is 1. The molecule has 1 saturated heterocycles. The normalized spacial score (nSPS) is 19.0. The van der Waals surface area contributed by atoms with E-state index in [0.717, 1.165) is 0 Å². The Balaban J connectivity index is 2.35. The van der Waals surface area contributed by atoms with Crippen molar-refractivity contribution < 1.29 is 24.1 Å². The highest BCUT2D eigenvalue weighted by Crippen LogP contribution is 2.33. The highest BCUT2D eigenvalue weighted by atomic mass is 16.6. The zero-order valence-corrected chi connectivity index (χ0v) is 11.0. The Morgan fingerprint density at radius 2 is 2.11 bits per heavy atom. The lowest BCUT2D eigenvalue weighted by Gasteiger charge is -2.34. The van der Waals surface area contributed by atoms with Crippen LogP contribution in [0.1, 0.15) is 6.42 Å². The van der Waals surface area contributed by atoms with E-state index in [4.69, 9.17) is 14.2 Å². The van der Waals surface area contributed by atoms with Gasteiger partial charge in [0.2, 0.25) is 0 Å². The molecule has 1 amide bonds. The van der Waals surface area contributed by atoms with Gasteiger partial charge in [-0.15, -0.1) is 0 Å². The van der Waals surface area contributed by atoms with Gasteiger partial charge in [0, 0.05) is 12.5 Å². The number of methoxy groups -OCH3 is 2. The minimum Gasteiger partial charge on any atom is -0.493 e. The SMILES string of the molecule is COc1ccc(N2C(=O)OCCC2CO)cc1OC. The first-order valence-corrected chi connectivity index (χ1v) is 6.00. The molecule has 1 unspecified atom stereocenters. The molecule has 1 aliphatic rings. The molecule has 2 rings (SSSR count). The summed E-state index contributed by atoms with van der Waals surface area (Å²) in [6.07, 6.45) is 0.133. The fourth-order valence-corrected chi connectivity index (χ4v) is 2.09. The first-order valence-electron chi connectivity index (χ1n) is 6.00. The van der Waals surface area contributed by atoms with E-state index in [1.54, 1.807) is 25.3 Å². The van der Waals surface area contributed by atoms with Gasteiger partial charge in [-0.1, -0.05) is 0 Å². The van der Waals surface area contributed by atoms with E-state index in [1.807, 2.05) is 0 Å². The van der Waals surface area contributed by atoms with Crippen molar-refractivity contribution in [3.8, 4) is 11.5 Å². The number of cyclic esters (lactones) is 1. The summed E-state index contributed by atoms with van der Waals surface area (Å²) in [5.74, 6) is 1.10. The summed E-state index contributed by atoms with van der Waals surface area (Å²) in [4.78, 5) is 13.3. The highest BCUT2D eigenvalue weighted by Gasteiger charge is 2.31. The zero-order chi connectivity index (χ0) is 13.8. The number of rotatable bonds is 4. The van der Waals surface area contributed by atoms with Crippen molar-refractivity contribution in [1.29, 1.82) is 0 Å². The smallest absolute Gasteiger partial charge is 0.414 e. The van der Waals surface area contributed by atoms with E-state index in [1.165, 1.54) is 12.0 Å². The lowest BCUT2D eigenvalue weighted by atomic mass is 10.1. The van der Waals surface area contributed by atoms with E-state index < -0.39 is 6.09 Å².